The molecule has 1 fully saturated rings. The average Bonchev–Trinajstić information content (AvgIpc) is 2.88. The molecule has 0 atom stereocenters. The first-order valence-electron chi connectivity index (χ1n) is 9.18. The molecule has 0 bridgehead atoms. The molecule has 0 spiro atoms. The van der Waals surface area contributed by atoms with Crippen LogP contribution in [0.25, 0.3) is 6.08 Å². The van der Waals surface area contributed by atoms with E-state index in [9.17, 15) is 9.59 Å². The predicted octanol–water partition coefficient (Wildman–Crippen LogP) is 3.62. The van der Waals surface area contributed by atoms with E-state index in [1.54, 1.807) is 35.1 Å². The standard InChI is InChI=1S/C22H23ClN2O3/c1-28-20-7-3-5-18(15-20)16-25-13-12-24(11-10-22(25)27)21(26)9-8-17-4-2-6-19(23)14-17/h2-9,14-15H,10-13,16H2,1H3. The van der Waals surface area contributed by atoms with Crippen molar-refractivity contribution >= 4 is 29.5 Å². The Hall–Kier alpha value is -2.79. The quantitative estimate of drug-likeness (QED) is 0.723. The van der Waals surface area contributed by atoms with Crippen LogP contribution < -0.4 is 4.74 Å². The highest BCUT2D eigenvalue weighted by atomic mass is 35.5. The molecule has 1 aliphatic heterocycles. The Morgan fingerprint density at radius 1 is 1.14 bits per heavy atom. The number of halogens is 1. The molecule has 0 radical (unpaired) electrons. The molecule has 1 saturated heterocycles. The minimum Gasteiger partial charge on any atom is -0.497 e. The first-order valence-corrected chi connectivity index (χ1v) is 9.56. The maximum Gasteiger partial charge on any atom is 0.246 e. The van der Waals surface area contributed by atoms with Crippen molar-refractivity contribution in [3.8, 4) is 5.75 Å². The average molecular weight is 399 g/mol. The van der Waals surface area contributed by atoms with Crippen LogP contribution in [0.15, 0.2) is 54.6 Å². The number of ether oxygens (including phenoxy) is 1. The molecule has 2 aromatic carbocycles. The van der Waals surface area contributed by atoms with E-state index < -0.39 is 0 Å². The zero-order valence-electron chi connectivity index (χ0n) is 15.8. The van der Waals surface area contributed by atoms with E-state index in [-0.39, 0.29) is 11.8 Å². The summed E-state index contributed by atoms with van der Waals surface area (Å²) >= 11 is 5.97. The molecule has 0 aliphatic carbocycles. The molecule has 0 aromatic heterocycles. The third-order valence-electron chi connectivity index (χ3n) is 4.67. The monoisotopic (exact) mass is 398 g/mol. The summed E-state index contributed by atoms with van der Waals surface area (Å²) in [5.41, 5.74) is 1.87. The van der Waals surface area contributed by atoms with Gasteiger partial charge in [-0.1, -0.05) is 35.9 Å². The lowest BCUT2D eigenvalue weighted by molar-refractivity contribution is -0.130. The summed E-state index contributed by atoms with van der Waals surface area (Å²) in [6, 6.07) is 15.0. The molecule has 0 unspecified atom stereocenters. The Labute approximate surface area is 170 Å². The summed E-state index contributed by atoms with van der Waals surface area (Å²) in [4.78, 5) is 28.5. The highest BCUT2D eigenvalue weighted by Gasteiger charge is 2.23. The van der Waals surface area contributed by atoms with E-state index >= 15 is 0 Å². The predicted molar refractivity (Wildman–Crippen MR) is 110 cm³/mol. The van der Waals surface area contributed by atoms with E-state index in [4.69, 9.17) is 16.3 Å². The van der Waals surface area contributed by atoms with Crippen molar-refractivity contribution in [2.45, 2.75) is 13.0 Å². The Morgan fingerprint density at radius 2 is 1.96 bits per heavy atom. The van der Waals surface area contributed by atoms with Gasteiger partial charge in [0, 0.05) is 43.7 Å². The third-order valence-corrected chi connectivity index (χ3v) is 4.91. The number of hydrogen-bond donors (Lipinski definition) is 0. The van der Waals surface area contributed by atoms with E-state index in [1.807, 2.05) is 36.4 Å². The van der Waals surface area contributed by atoms with Crippen LogP contribution in [0.5, 0.6) is 5.75 Å². The molecule has 0 saturated carbocycles. The number of methoxy groups -OCH3 is 1. The van der Waals surface area contributed by atoms with Crippen LogP contribution in [0.2, 0.25) is 5.02 Å². The number of nitrogens with zero attached hydrogens (tertiary/aromatic N) is 2. The second-order valence-electron chi connectivity index (χ2n) is 6.63. The molecule has 1 aliphatic rings. The zero-order chi connectivity index (χ0) is 19.9. The summed E-state index contributed by atoms with van der Waals surface area (Å²) < 4.78 is 5.24. The van der Waals surface area contributed by atoms with Gasteiger partial charge < -0.3 is 14.5 Å². The number of carbonyl (C=O) groups is 2. The van der Waals surface area contributed by atoms with Crippen molar-refractivity contribution in [1.29, 1.82) is 0 Å². The van der Waals surface area contributed by atoms with Crippen LogP contribution in [0, 0.1) is 0 Å². The smallest absolute Gasteiger partial charge is 0.246 e. The van der Waals surface area contributed by atoms with Gasteiger partial charge >= 0.3 is 0 Å². The molecule has 5 nitrogen and oxygen atoms in total. The first-order chi connectivity index (χ1) is 13.5. The van der Waals surface area contributed by atoms with E-state index in [0.717, 1.165) is 16.9 Å². The zero-order valence-corrected chi connectivity index (χ0v) is 16.6. The molecule has 2 amide bonds. The van der Waals surface area contributed by atoms with Crippen molar-refractivity contribution in [3.63, 3.8) is 0 Å². The maximum absolute atomic E-state index is 12.5. The fraction of sp³-hybridized carbons (Fsp3) is 0.273. The van der Waals surface area contributed by atoms with Crippen molar-refractivity contribution in [2.24, 2.45) is 0 Å². The highest BCUT2D eigenvalue weighted by molar-refractivity contribution is 6.30. The largest absolute Gasteiger partial charge is 0.497 e. The number of carbonyl (C=O) groups excluding carboxylic acids is 2. The number of amides is 2. The second kappa shape index (κ2) is 9.42. The van der Waals surface area contributed by atoms with Crippen molar-refractivity contribution in [1.82, 2.24) is 9.80 Å². The Balaban J connectivity index is 1.61. The summed E-state index contributed by atoms with van der Waals surface area (Å²) in [6.07, 6.45) is 3.60. The first kappa shape index (κ1) is 20.0. The number of rotatable bonds is 5. The normalized spacial score (nSPS) is 15.0. The molecular formula is C22H23ClN2O3. The molecular weight excluding hydrogens is 376 g/mol. The molecule has 2 aromatic rings. The van der Waals surface area contributed by atoms with E-state index in [0.29, 0.717) is 37.6 Å². The molecule has 3 rings (SSSR count). The molecule has 28 heavy (non-hydrogen) atoms. The van der Waals surface area contributed by atoms with Gasteiger partial charge in [0.1, 0.15) is 5.75 Å². The van der Waals surface area contributed by atoms with Crippen molar-refractivity contribution < 1.29 is 14.3 Å². The molecule has 146 valence electrons. The fourth-order valence-corrected chi connectivity index (χ4v) is 3.33. The lowest BCUT2D eigenvalue weighted by atomic mass is 10.2. The second-order valence-corrected chi connectivity index (χ2v) is 7.07. The van der Waals surface area contributed by atoms with Gasteiger partial charge in [-0.3, -0.25) is 9.59 Å². The fourth-order valence-electron chi connectivity index (χ4n) is 3.13. The van der Waals surface area contributed by atoms with Gasteiger partial charge in [-0.25, -0.2) is 0 Å². The lowest BCUT2D eigenvalue weighted by Crippen LogP contribution is -2.34. The van der Waals surface area contributed by atoms with Crippen LogP contribution in [0.4, 0.5) is 0 Å². The molecule has 1 heterocycles. The van der Waals surface area contributed by atoms with Crippen LogP contribution >= 0.6 is 11.6 Å². The number of hydrogen-bond acceptors (Lipinski definition) is 3. The minimum absolute atomic E-state index is 0.0527. The summed E-state index contributed by atoms with van der Waals surface area (Å²) in [5, 5.41) is 0.628. The molecule has 6 heteroatoms. The Morgan fingerprint density at radius 3 is 2.75 bits per heavy atom. The van der Waals surface area contributed by atoms with Crippen LogP contribution in [0.1, 0.15) is 17.5 Å². The Bertz CT molecular complexity index is 882. The Kier molecular flexibility index (Phi) is 6.71. The summed E-state index contributed by atoms with van der Waals surface area (Å²) in [6.45, 7) is 1.95. The summed E-state index contributed by atoms with van der Waals surface area (Å²) in [7, 11) is 1.62. The van der Waals surface area contributed by atoms with Gasteiger partial charge in [0.05, 0.1) is 7.11 Å². The van der Waals surface area contributed by atoms with Gasteiger partial charge in [-0.05, 0) is 41.5 Å². The van der Waals surface area contributed by atoms with Gasteiger partial charge in [-0.15, -0.1) is 0 Å². The topological polar surface area (TPSA) is 49.9 Å². The summed E-state index contributed by atoms with van der Waals surface area (Å²) in [5.74, 6) is 0.718. The van der Waals surface area contributed by atoms with Crippen LogP contribution in [0.3, 0.4) is 0 Å². The third kappa shape index (κ3) is 5.36. The maximum atomic E-state index is 12.5. The van der Waals surface area contributed by atoms with Crippen LogP contribution in [-0.4, -0.2) is 48.4 Å². The SMILES string of the molecule is COc1cccc(CN2CCN(C(=O)C=Cc3cccc(Cl)c3)CCC2=O)c1. The van der Waals surface area contributed by atoms with Crippen molar-refractivity contribution in [3.05, 3.63) is 70.8 Å². The molecule has 0 N–H and O–H groups in total. The van der Waals surface area contributed by atoms with E-state index in [2.05, 4.69) is 0 Å². The van der Waals surface area contributed by atoms with Gasteiger partial charge in [0.25, 0.3) is 0 Å². The van der Waals surface area contributed by atoms with Gasteiger partial charge in [0.15, 0.2) is 0 Å². The van der Waals surface area contributed by atoms with Gasteiger partial charge in [-0.2, -0.15) is 0 Å². The van der Waals surface area contributed by atoms with Crippen molar-refractivity contribution in [2.75, 3.05) is 26.7 Å². The van der Waals surface area contributed by atoms with Crippen LogP contribution in [-0.2, 0) is 16.1 Å². The number of benzene rings is 2. The highest BCUT2D eigenvalue weighted by Crippen LogP contribution is 2.16. The minimum atomic E-state index is -0.101. The lowest BCUT2D eigenvalue weighted by Gasteiger charge is -2.22. The van der Waals surface area contributed by atoms with Gasteiger partial charge in [0.2, 0.25) is 11.8 Å². The van der Waals surface area contributed by atoms with E-state index in [1.165, 1.54) is 6.08 Å².